The summed E-state index contributed by atoms with van der Waals surface area (Å²) in [4.78, 5) is 0. The standard InChI is InChI=1S/C13H19BO2.C7H17B/c1-10-6-8-11(9-7-10)14-15-12(2,3)13(4,5)16-14;1-5(2)7(8)6(3)4/h6-9H,1-5H3;5-6H,1-4,8H3. The van der Waals surface area contributed by atoms with Crippen LogP contribution in [0.4, 0.5) is 0 Å². The van der Waals surface area contributed by atoms with Crippen molar-refractivity contribution in [1.29, 1.82) is 0 Å². The normalized spacial score (nSPS) is 18.6. The van der Waals surface area contributed by atoms with E-state index < -0.39 is 0 Å². The molecule has 1 aliphatic rings. The third-order valence-electron chi connectivity index (χ3n) is 4.27. The van der Waals surface area contributed by atoms with Crippen LogP contribution in [0.5, 0.6) is 0 Å². The van der Waals surface area contributed by atoms with Gasteiger partial charge < -0.3 is 9.31 Å². The van der Waals surface area contributed by atoms with Crippen LogP contribution in [0, 0.1) is 24.6 Å². The van der Waals surface area contributed by atoms with Crippen LogP contribution in [-0.4, -0.2) is 26.2 Å². The van der Waals surface area contributed by atoms with Gasteiger partial charge in [0.05, 0.1) is 11.2 Å². The fourth-order valence-corrected chi connectivity index (χ4v) is 2.37. The molecule has 2 nitrogen and oxygen atoms in total. The Morgan fingerprint density at radius 2 is 1.25 bits per heavy atom. The highest BCUT2D eigenvalue weighted by molar-refractivity contribution is 6.62. The second-order valence-corrected chi connectivity index (χ2v) is 7.98. The monoisotopic (exact) mass is 330 g/mol. The van der Waals surface area contributed by atoms with E-state index in [1.807, 2.05) is 5.82 Å². The Balaban J connectivity index is 0.000000307. The Kier molecular flexibility index (Phi) is 7.07. The molecule has 0 amide bonds. The van der Waals surface area contributed by atoms with Crippen LogP contribution in [0.3, 0.4) is 0 Å². The van der Waals surface area contributed by atoms with E-state index in [0.717, 1.165) is 17.3 Å². The molecular weight excluding hydrogens is 294 g/mol. The maximum Gasteiger partial charge on any atom is 0.494 e. The van der Waals surface area contributed by atoms with E-state index in [2.05, 4.69) is 86.6 Å². The Hall–Kier alpha value is -0.860. The van der Waals surface area contributed by atoms with Gasteiger partial charge in [-0.05, 0) is 67.8 Å². The molecule has 2 rings (SSSR count). The summed E-state index contributed by atoms with van der Waals surface area (Å²) in [5, 5.41) is 0. The van der Waals surface area contributed by atoms with Crippen LogP contribution < -0.4 is 5.46 Å². The molecule has 24 heavy (non-hydrogen) atoms. The minimum atomic E-state index is -0.261. The molecule has 0 atom stereocenters. The topological polar surface area (TPSA) is 18.5 Å². The Morgan fingerprint density at radius 3 is 1.54 bits per heavy atom. The Morgan fingerprint density at radius 1 is 0.875 bits per heavy atom. The fourth-order valence-electron chi connectivity index (χ4n) is 2.37. The average Bonchev–Trinajstić information content (AvgIpc) is 2.67. The zero-order chi connectivity index (χ0) is 18.7. The van der Waals surface area contributed by atoms with Crippen molar-refractivity contribution in [2.24, 2.45) is 11.8 Å². The molecule has 1 aromatic carbocycles. The highest BCUT2D eigenvalue weighted by Crippen LogP contribution is 2.36. The average molecular weight is 330 g/mol. The summed E-state index contributed by atoms with van der Waals surface area (Å²) in [6, 6.07) is 8.30. The molecule has 134 valence electrons. The lowest BCUT2D eigenvalue weighted by atomic mass is 9.71. The molecule has 1 aromatic rings. The molecule has 1 fully saturated rings. The molecule has 0 spiro atoms. The summed E-state index contributed by atoms with van der Waals surface area (Å²) in [5.74, 6) is 3.59. The van der Waals surface area contributed by atoms with Gasteiger partial charge in [-0.3, -0.25) is 0 Å². The SMILES string of the molecule is Cc1ccc(B2OC(C)(C)C(C)(C)O2)cc1.[BH3-][C+](C(C)C)C(C)C. The first-order valence-electron chi connectivity index (χ1n) is 8.63. The third kappa shape index (κ3) is 5.32. The lowest BCUT2D eigenvalue weighted by Gasteiger charge is -2.32. The van der Waals surface area contributed by atoms with Gasteiger partial charge in [-0.25, -0.2) is 0 Å². The van der Waals surface area contributed by atoms with Crippen LogP contribution in [0.1, 0.15) is 61.0 Å². The molecule has 1 heterocycles. The zero-order valence-electron chi connectivity index (χ0n) is 16.4. The van der Waals surface area contributed by atoms with Crippen molar-refractivity contribution in [3.05, 3.63) is 35.6 Å². The van der Waals surface area contributed by atoms with Gasteiger partial charge in [0.25, 0.3) is 0 Å². The minimum absolute atomic E-state index is 0.245. The van der Waals surface area contributed by atoms with Crippen molar-refractivity contribution >= 4 is 20.4 Å². The van der Waals surface area contributed by atoms with Crippen LogP contribution in [-0.2, 0) is 9.31 Å². The molecule has 1 saturated heterocycles. The minimum Gasteiger partial charge on any atom is -0.399 e. The van der Waals surface area contributed by atoms with Crippen molar-refractivity contribution < 1.29 is 9.31 Å². The molecule has 0 radical (unpaired) electrons. The lowest BCUT2D eigenvalue weighted by molar-refractivity contribution is 0.00578. The molecular formula is C20H36B2O2. The molecule has 0 N–H and O–H groups in total. The molecule has 0 aliphatic carbocycles. The molecule has 0 aromatic heterocycles. The fraction of sp³-hybridized carbons (Fsp3) is 0.650. The van der Waals surface area contributed by atoms with Crippen molar-refractivity contribution in [3.8, 4) is 0 Å². The number of rotatable bonds is 3. The summed E-state index contributed by atoms with van der Waals surface area (Å²) in [6.07, 6.45) is 0. The maximum atomic E-state index is 5.97. The van der Waals surface area contributed by atoms with E-state index in [9.17, 15) is 0 Å². The molecule has 0 bridgehead atoms. The van der Waals surface area contributed by atoms with Crippen LogP contribution >= 0.6 is 0 Å². The largest absolute Gasteiger partial charge is 0.494 e. The van der Waals surface area contributed by atoms with E-state index in [0.29, 0.717) is 7.85 Å². The van der Waals surface area contributed by atoms with Gasteiger partial charge >= 0.3 is 7.12 Å². The van der Waals surface area contributed by atoms with Gasteiger partial charge in [0, 0.05) is 11.8 Å². The van der Waals surface area contributed by atoms with Crippen molar-refractivity contribution in [2.75, 3.05) is 0 Å². The molecule has 4 heteroatoms. The van der Waals surface area contributed by atoms with Crippen molar-refractivity contribution in [1.82, 2.24) is 0 Å². The predicted octanol–water partition coefficient (Wildman–Crippen LogP) is 3.49. The maximum absolute atomic E-state index is 5.97. The van der Waals surface area contributed by atoms with Gasteiger partial charge in [0.1, 0.15) is 0 Å². The molecule has 0 saturated carbocycles. The number of hydrogen-bond acceptors (Lipinski definition) is 2. The second-order valence-electron chi connectivity index (χ2n) is 7.98. The first-order valence-corrected chi connectivity index (χ1v) is 8.63. The summed E-state index contributed by atoms with van der Waals surface area (Å²) in [7, 11) is 0.264. The summed E-state index contributed by atoms with van der Waals surface area (Å²) >= 11 is 0. The van der Waals surface area contributed by atoms with Crippen LogP contribution in [0.25, 0.3) is 0 Å². The van der Waals surface area contributed by atoms with Gasteiger partial charge in [-0.15, -0.1) is 5.82 Å². The van der Waals surface area contributed by atoms with Gasteiger partial charge in [-0.2, -0.15) is 0 Å². The highest BCUT2D eigenvalue weighted by atomic mass is 16.7. The van der Waals surface area contributed by atoms with Gasteiger partial charge in [0.15, 0.2) is 7.85 Å². The zero-order valence-corrected chi connectivity index (χ0v) is 16.4. The second kappa shape index (κ2) is 8.01. The molecule has 0 unspecified atom stereocenters. The summed E-state index contributed by atoms with van der Waals surface area (Å²) in [6.45, 7) is 19.6. The Bertz CT molecular complexity index is 483. The smallest absolute Gasteiger partial charge is 0.399 e. The van der Waals surface area contributed by atoms with E-state index in [-0.39, 0.29) is 18.3 Å². The van der Waals surface area contributed by atoms with Crippen molar-refractivity contribution in [2.45, 2.75) is 73.5 Å². The van der Waals surface area contributed by atoms with E-state index in [1.165, 1.54) is 5.56 Å². The predicted molar refractivity (Wildman–Crippen MR) is 110 cm³/mol. The van der Waals surface area contributed by atoms with Gasteiger partial charge in [-0.1, -0.05) is 29.8 Å². The van der Waals surface area contributed by atoms with E-state index >= 15 is 0 Å². The van der Waals surface area contributed by atoms with E-state index in [4.69, 9.17) is 9.31 Å². The lowest BCUT2D eigenvalue weighted by Crippen LogP contribution is -2.41. The summed E-state index contributed by atoms with van der Waals surface area (Å²) < 4.78 is 11.9. The highest BCUT2D eigenvalue weighted by Gasteiger charge is 2.51. The van der Waals surface area contributed by atoms with Crippen molar-refractivity contribution in [3.63, 3.8) is 0 Å². The first kappa shape index (κ1) is 21.2. The number of benzene rings is 1. The first-order chi connectivity index (χ1) is 10.9. The number of aryl methyl sites for hydroxylation is 1. The third-order valence-corrected chi connectivity index (χ3v) is 4.27. The quantitative estimate of drug-likeness (QED) is 0.624. The molecule has 1 aliphatic heterocycles. The number of hydrogen-bond donors (Lipinski definition) is 0. The van der Waals surface area contributed by atoms with Crippen LogP contribution in [0.2, 0.25) is 0 Å². The summed E-state index contributed by atoms with van der Waals surface area (Å²) in [5.41, 5.74) is 1.81. The van der Waals surface area contributed by atoms with Gasteiger partial charge in [0.2, 0.25) is 0 Å². The Labute approximate surface area is 151 Å². The van der Waals surface area contributed by atoms with E-state index in [1.54, 1.807) is 0 Å². The van der Waals surface area contributed by atoms with Crippen LogP contribution in [0.15, 0.2) is 24.3 Å².